The van der Waals surface area contributed by atoms with E-state index >= 15 is 0 Å². The highest BCUT2D eigenvalue weighted by molar-refractivity contribution is 5.59. The summed E-state index contributed by atoms with van der Waals surface area (Å²) in [6, 6.07) is 14.5. The lowest BCUT2D eigenvalue weighted by atomic mass is 9.94. The fourth-order valence-corrected chi connectivity index (χ4v) is 5.68. The lowest BCUT2D eigenvalue weighted by Gasteiger charge is -2.23. The Hall–Kier alpha value is -2.42. The van der Waals surface area contributed by atoms with E-state index in [1.807, 2.05) is 24.3 Å². The zero-order chi connectivity index (χ0) is 19.3. The van der Waals surface area contributed by atoms with Crippen LogP contribution in [0.3, 0.4) is 0 Å². The van der Waals surface area contributed by atoms with Crippen LogP contribution in [0, 0.1) is 22.7 Å². The number of fused-ring (bicyclic) bond motifs is 1. The number of aryl methyl sites for hydroxylation is 2. The number of pyridine rings is 1. The van der Waals surface area contributed by atoms with E-state index in [1.54, 1.807) is 0 Å². The Labute approximate surface area is 165 Å². The van der Waals surface area contributed by atoms with Crippen molar-refractivity contribution in [1.82, 2.24) is 4.98 Å². The molecule has 0 radical (unpaired) electrons. The van der Waals surface area contributed by atoms with Gasteiger partial charge in [-0.3, -0.25) is 0 Å². The molecule has 28 heavy (non-hydrogen) atoms. The van der Waals surface area contributed by atoms with Crippen LogP contribution in [-0.4, -0.2) is 41.0 Å². The maximum Gasteiger partial charge on any atom is 0.146 e. The van der Waals surface area contributed by atoms with Crippen LogP contribution in [0.25, 0.3) is 0 Å². The molecular weight excluding hydrogens is 350 g/mol. The predicted molar refractivity (Wildman–Crippen MR) is 106 cm³/mol. The molecule has 2 aromatic rings. The molecule has 5 heteroatoms. The topological polar surface area (TPSA) is 80.4 Å². The molecule has 5 nitrogen and oxygen atoms in total. The van der Waals surface area contributed by atoms with Crippen LogP contribution in [0.2, 0.25) is 0 Å². The number of aliphatic hydroxyl groups excluding tert-OH is 2. The van der Waals surface area contributed by atoms with Crippen molar-refractivity contribution < 1.29 is 10.2 Å². The van der Waals surface area contributed by atoms with Gasteiger partial charge in [-0.25, -0.2) is 4.98 Å². The number of rotatable bonds is 3. The lowest BCUT2D eigenvalue weighted by Crippen LogP contribution is -2.24. The van der Waals surface area contributed by atoms with Crippen molar-refractivity contribution in [2.24, 2.45) is 11.3 Å². The molecule has 2 N–H and O–H groups in total. The molecule has 1 aliphatic heterocycles. The number of nitriles is 1. The van der Waals surface area contributed by atoms with Crippen LogP contribution in [0.1, 0.15) is 41.1 Å². The number of hydrogen-bond donors (Lipinski definition) is 2. The standard InChI is InChI=1S/C23H25N3O2/c24-11-17-10-16-8-4-5-9-19(16)25-22(17)26-12-20(28)23(14-26)18(13-27)21(23)15-6-2-1-3-7-15/h1-3,6-7,10,18,20-21,27-28H,4-5,8-9,12-14H2/t18-,20-,21-,23-/m1/s1. The molecule has 1 aromatic carbocycles. The third kappa shape index (κ3) is 2.48. The summed E-state index contributed by atoms with van der Waals surface area (Å²) < 4.78 is 0. The van der Waals surface area contributed by atoms with Crippen molar-refractivity contribution in [2.45, 2.75) is 37.7 Å². The van der Waals surface area contributed by atoms with Crippen molar-refractivity contribution in [3.05, 3.63) is 58.8 Å². The van der Waals surface area contributed by atoms with Gasteiger partial charge in [0.15, 0.2) is 0 Å². The van der Waals surface area contributed by atoms with Gasteiger partial charge in [-0.1, -0.05) is 30.3 Å². The van der Waals surface area contributed by atoms with Crippen molar-refractivity contribution in [3.63, 3.8) is 0 Å². The highest BCUT2D eigenvalue weighted by Crippen LogP contribution is 2.68. The zero-order valence-corrected chi connectivity index (χ0v) is 15.9. The molecule has 1 saturated heterocycles. The van der Waals surface area contributed by atoms with Gasteiger partial charge in [0, 0.05) is 30.8 Å². The summed E-state index contributed by atoms with van der Waals surface area (Å²) in [5.74, 6) is 0.884. The Bertz CT molecular complexity index is 939. The van der Waals surface area contributed by atoms with Gasteiger partial charge in [-0.05, 0) is 54.7 Å². The van der Waals surface area contributed by atoms with Gasteiger partial charge in [-0.15, -0.1) is 0 Å². The number of nitrogens with zero attached hydrogens (tertiary/aromatic N) is 3. The van der Waals surface area contributed by atoms with Crippen LogP contribution in [-0.2, 0) is 12.8 Å². The number of β-amino-alcohol motifs (C(OH)–C–C–N with tert-alkyl or cyclic N) is 1. The first-order chi connectivity index (χ1) is 13.7. The molecule has 0 amide bonds. The SMILES string of the molecule is N#Cc1cc2c(nc1N1C[C@@H](O)[C@@]3(C1)[C@H](CO)[C@H]3c1ccccc1)CCCC2. The third-order valence-electron chi connectivity index (χ3n) is 7.10. The fraction of sp³-hybridized carbons (Fsp3) is 0.478. The molecule has 0 bridgehead atoms. The average molecular weight is 375 g/mol. The third-order valence-corrected chi connectivity index (χ3v) is 7.10. The predicted octanol–water partition coefficient (Wildman–Crippen LogP) is 2.41. The first-order valence-electron chi connectivity index (χ1n) is 10.2. The van der Waals surface area contributed by atoms with Crippen molar-refractivity contribution >= 4 is 5.82 Å². The highest BCUT2D eigenvalue weighted by Gasteiger charge is 2.71. The van der Waals surface area contributed by atoms with E-state index in [9.17, 15) is 15.5 Å². The van der Waals surface area contributed by atoms with Gasteiger partial charge in [0.25, 0.3) is 0 Å². The molecule has 3 aliphatic rings. The molecular formula is C23H25N3O2. The van der Waals surface area contributed by atoms with Crippen LogP contribution in [0.15, 0.2) is 36.4 Å². The van der Waals surface area contributed by atoms with Gasteiger partial charge in [0.05, 0.1) is 11.7 Å². The van der Waals surface area contributed by atoms with Crippen LogP contribution in [0.4, 0.5) is 5.82 Å². The number of hydrogen-bond acceptors (Lipinski definition) is 5. The quantitative estimate of drug-likeness (QED) is 0.861. The van der Waals surface area contributed by atoms with E-state index in [-0.39, 0.29) is 23.9 Å². The van der Waals surface area contributed by atoms with Crippen molar-refractivity contribution in [1.29, 1.82) is 5.26 Å². The molecule has 1 aromatic heterocycles. The zero-order valence-electron chi connectivity index (χ0n) is 15.9. The summed E-state index contributed by atoms with van der Waals surface area (Å²) in [4.78, 5) is 6.95. The Morgan fingerprint density at radius 3 is 2.75 bits per heavy atom. The molecule has 1 spiro atoms. The van der Waals surface area contributed by atoms with E-state index in [1.165, 1.54) is 11.1 Å². The van der Waals surface area contributed by atoms with Crippen molar-refractivity contribution in [2.75, 3.05) is 24.6 Å². The second kappa shape index (κ2) is 6.58. The molecule has 2 fully saturated rings. The first kappa shape index (κ1) is 17.7. The van der Waals surface area contributed by atoms with Crippen LogP contribution < -0.4 is 4.90 Å². The summed E-state index contributed by atoms with van der Waals surface area (Å²) >= 11 is 0. The summed E-state index contributed by atoms with van der Waals surface area (Å²) in [5, 5.41) is 30.7. The van der Waals surface area contributed by atoms with E-state index in [0.717, 1.165) is 31.4 Å². The summed E-state index contributed by atoms with van der Waals surface area (Å²) in [7, 11) is 0. The van der Waals surface area contributed by atoms with E-state index < -0.39 is 6.10 Å². The first-order valence-corrected chi connectivity index (χ1v) is 10.2. The summed E-state index contributed by atoms with van der Waals surface area (Å²) in [6.45, 7) is 1.15. The minimum absolute atomic E-state index is 0.0399. The molecule has 0 unspecified atom stereocenters. The smallest absolute Gasteiger partial charge is 0.146 e. The van der Waals surface area contributed by atoms with E-state index in [4.69, 9.17) is 4.98 Å². The number of benzene rings is 1. The van der Waals surface area contributed by atoms with Gasteiger partial charge in [0.2, 0.25) is 0 Å². The Balaban J connectivity index is 1.49. The Kier molecular flexibility index (Phi) is 4.15. The maximum atomic E-state index is 11.0. The molecule has 144 valence electrons. The molecule has 2 aliphatic carbocycles. The number of aliphatic hydroxyl groups is 2. The lowest BCUT2D eigenvalue weighted by molar-refractivity contribution is 0.113. The maximum absolute atomic E-state index is 11.0. The van der Waals surface area contributed by atoms with Gasteiger partial charge in [-0.2, -0.15) is 5.26 Å². The fourth-order valence-electron chi connectivity index (χ4n) is 5.68. The average Bonchev–Trinajstić information content (AvgIpc) is 3.28. The van der Waals surface area contributed by atoms with E-state index in [2.05, 4.69) is 23.1 Å². The van der Waals surface area contributed by atoms with Gasteiger partial charge < -0.3 is 15.1 Å². The molecule has 2 heterocycles. The summed E-state index contributed by atoms with van der Waals surface area (Å²) in [5.41, 5.74) is 3.71. The highest BCUT2D eigenvalue weighted by atomic mass is 16.3. The number of aromatic nitrogens is 1. The monoisotopic (exact) mass is 375 g/mol. The van der Waals surface area contributed by atoms with E-state index in [0.29, 0.717) is 24.5 Å². The van der Waals surface area contributed by atoms with Gasteiger partial charge >= 0.3 is 0 Å². The molecule has 4 atom stereocenters. The normalized spacial score (nSPS) is 30.9. The summed E-state index contributed by atoms with van der Waals surface area (Å²) in [6.07, 6.45) is 3.70. The van der Waals surface area contributed by atoms with Gasteiger partial charge in [0.1, 0.15) is 11.9 Å². The Morgan fingerprint density at radius 1 is 1.21 bits per heavy atom. The van der Waals surface area contributed by atoms with Crippen molar-refractivity contribution in [3.8, 4) is 6.07 Å². The number of anilines is 1. The van der Waals surface area contributed by atoms with Crippen LogP contribution in [0.5, 0.6) is 0 Å². The largest absolute Gasteiger partial charge is 0.396 e. The minimum Gasteiger partial charge on any atom is -0.396 e. The molecule has 5 rings (SSSR count). The Morgan fingerprint density at radius 2 is 2.00 bits per heavy atom. The molecule has 1 saturated carbocycles. The van der Waals surface area contributed by atoms with Crippen LogP contribution >= 0.6 is 0 Å². The second-order valence-electron chi connectivity index (χ2n) is 8.47. The minimum atomic E-state index is -0.542. The second-order valence-corrected chi connectivity index (χ2v) is 8.47.